The number of carbonyl (C=O) groups is 1. The van der Waals surface area contributed by atoms with Gasteiger partial charge in [-0.25, -0.2) is 0 Å². The smallest absolute Gasteiger partial charge is 0.267 e. The summed E-state index contributed by atoms with van der Waals surface area (Å²) in [7, 11) is 0. The first-order chi connectivity index (χ1) is 6.75. The third-order valence-corrected chi connectivity index (χ3v) is 2.33. The van der Waals surface area contributed by atoms with Gasteiger partial charge in [0.15, 0.2) is 0 Å². The second-order valence-electron chi connectivity index (χ2n) is 5.06. The van der Waals surface area contributed by atoms with Crippen LogP contribution in [0.5, 0.6) is 0 Å². The third kappa shape index (κ3) is 2.19. The minimum Gasteiger partial charge on any atom is -0.364 e. The highest BCUT2D eigenvalue weighted by molar-refractivity contribution is 5.93. The molecular formula is C11H19N3O. The zero-order chi connectivity index (χ0) is 11.8. The summed E-state index contributed by atoms with van der Waals surface area (Å²) < 4.78 is 1.68. The number of primary amides is 1. The van der Waals surface area contributed by atoms with Gasteiger partial charge in [0.25, 0.3) is 5.91 Å². The zero-order valence-corrected chi connectivity index (χ0v) is 10.0. The first kappa shape index (κ1) is 11.8. The van der Waals surface area contributed by atoms with Gasteiger partial charge in [0.1, 0.15) is 5.69 Å². The predicted octanol–water partition coefficient (Wildman–Crippen LogP) is 1.86. The molecule has 4 heteroatoms. The van der Waals surface area contributed by atoms with Crippen LogP contribution in [-0.4, -0.2) is 15.7 Å². The third-order valence-electron chi connectivity index (χ3n) is 2.33. The zero-order valence-electron chi connectivity index (χ0n) is 10.0. The van der Waals surface area contributed by atoms with E-state index in [0.29, 0.717) is 5.69 Å². The normalized spacial score (nSPS) is 12.1. The Bertz CT molecular complexity index is 372. The Morgan fingerprint density at radius 1 is 1.47 bits per heavy atom. The Hall–Kier alpha value is -1.32. The molecule has 2 N–H and O–H groups in total. The molecule has 1 rings (SSSR count). The number of hydrogen-bond donors (Lipinski definition) is 1. The quantitative estimate of drug-likeness (QED) is 0.808. The highest BCUT2D eigenvalue weighted by atomic mass is 16.1. The van der Waals surface area contributed by atoms with E-state index in [-0.39, 0.29) is 11.5 Å². The molecular weight excluding hydrogens is 190 g/mol. The average Bonchev–Trinajstić information content (AvgIpc) is 2.45. The van der Waals surface area contributed by atoms with E-state index in [9.17, 15) is 4.79 Å². The van der Waals surface area contributed by atoms with E-state index in [2.05, 4.69) is 5.10 Å². The monoisotopic (exact) mass is 209 g/mol. The molecule has 0 spiro atoms. The van der Waals surface area contributed by atoms with Crippen LogP contribution in [0.15, 0.2) is 6.20 Å². The first-order valence-electron chi connectivity index (χ1n) is 5.13. The maximum atomic E-state index is 11.4. The van der Waals surface area contributed by atoms with Crippen LogP contribution >= 0.6 is 0 Å². The van der Waals surface area contributed by atoms with Crippen LogP contribution in [0.3, 0.4) is 0 Å². The molecule has 0 atom stereocenters. The van der Waals surface area contributed by atoms with Gasteiger partial charge in [0.2, 0.25) is 0 Å². The van der Waals surface area contributed by atoms with E-state index in [1.165, 1.54) is 0 Å². The molecule has 1 aromatic heterocycles. The van der Waals surface area contributed by atoms with E-state index >= 15 is 0 Å². The summed E-state index contributed by atoms with van der Waals surface area (Å²) in [4.78, 5) is 11.4. The fourth-order valence-corrected chi connectivity index (χ4v) is 1.55. The van der Waals surface area contributed by atoms with E-state index in [1.807, 2.05) is 34.6 Å². The molecule has 1 heterocycles. The fourth-order valence-electron chi connectivity index (χ4n) is 1.55. The van der Waals surface area contributed by atoms with Crippen LogP contribution in [0.25, 0.3) is 0 Å². The van der Waals surface area contributed by atoms with Crippen molar-refractivity contribution in [2.75, 3.05) is 0 Å². The minimum absolute atomic E-state index is 0.114. The predicted molar refractivity (Wildman–Crippen MR) is 59.8 cm³/mol. The van der Waals surface area contributed by atoms with Crippen molar-refractivity contribution in [3.8, 4) is 0 Å². The van der Waals surface area contributed by atoms with Crippen LogP contribution in [-0.2, 0) is 5.41 Å². The summed E-state index contributed by atoms with van der Waals surface area (Å²) in [6, 6.07) is 0.142. The topological polar surface area (TPSA) is 60.9 Å². The number of nitrogens with zero attached hydrogens (tertiary/aromatic N) is 2. The van der Waals surface area contributed by atoms with Gasteiger partial charge in [0.05, 0.1) is 6.20 Å². The number of carbonyl (C=O) groups excluding carboxylic acids is 1. The van der Waals surface area contributed by atoms with Gasteiger partial charge >= 0.3 is 0 Å². The van der Waals surface area contributed by atoms with Crippen molar-refractivity contribution in [1.82, 2.24) is 9.78 Å². The lowest BCUT2D eigenvalue weighted by Crippen LogP contribution is -2.24. The van der Waals surface area contributed by atoms with E-state index in [1.54, 1.807) is 10.9 Å². The molecule has 0 aliphatic carbocycles. The maximum absolute atomic E-state index is 11.4. The second-order valence-corrected chi connectivity index (χ2v) is 5.06. The second kappa shape index (κ2) is 3.68. The first-order valence-corrected chi connectivity index (χ1v) is 5.13. The van der Waals surface area contributed by atoms with Crippen LogP contribution in [0.4, 0.5) is 0 Å². The lowest BCUT2D eigenvalue weighted by atomic mass is 9.87. The number of amides is 1. The van der Waals surface area contributed by atoms with Crippen molar-refractivity contribution in [3.63, 3.8) is 0 Å². The highest BCUT2D eigenvalue weighted by Gasteiger charge is 2.25. The summed E-state index contributed by atoms with van der Waals surface area (Å²) in [5.41, 5.74) is 6.71. The molecule has 15 heavy (non-hydrogen) atoms. The molecule has 0 aliphatic heterocycles. The Kier molecular flexibility index (Phi) is 2.88. The largest absolute Gasteiger partial charge is 0.364 e. The number of nitrogens with two attached hydrogens (primary N) is 1. The molecule has 1 amide bonds. The van der Waals surface area contributed by atoms with Gasteiger partial charge in [-0.05, 0) is 19.3 Å². The van der Waals surface area contributed by atoms with Crippen LogP contribution in [0, 0.1) is 0 Å². The number of rotatable bonds is 2. The van der Waals surface area contributed by atoms with E-state index in [0.717, 1.165) is 5.56 Å². The van der Waals surface area contributed by atoms with Gasteiger partial charge in [-0.15, -0.1) is 0 Å². The minimum atomic E-state index is -0.411. The molecule has 0 aromatic carbocycles. The molecule has 0 saturated carbocycles. The summed E-state index contributed by atoms with van der Waals surface area (Å²) in [5.74, 6) is -0.411. The van der Waals surface area contributed by atoms with Crippen LogP contribution < -0.4 is 5.73 Å². The Balaban J connectivity index is 3.37. The lowest BCUT2D eigenvalue weighted by molar-refractivity contribution is 0.0986. The van der Waals surface area contributed by atoms with Crippen LogP contribution in [0.2, 0.25) is 0 Å². The summed E-state index contributed by atoms with van der Waals surface area (Å²) in [6.07, 6.45) is 1.74. The van der Waals surface area contributed by atoms with Crippen molar-refractivity contribution >= 4 is 5.91 Å². The molecule has 0 radical (unpaired) electrons. The fraction of sp³-hybridized carbons (Fsp3) is 0.636. The maximum Gasteiger partial charge on any atom is 0.267 e. The molecule has 0 unspecified atom stereocenters. The van der Waals surface area contributed by atoms with Crippen molar-refractivity contribution < 1.29 is 4.79 Å². The van der Waals surface area contributed by atoms with Crippen molar-refractivity contribution in [1.29, 1.82) is 0 Å². The standard InChI is InChI=1S/C11H19N3O/c1-7(2)14-9(10(12)15)8(6-13-14)11(3,4)5/h6-7H,1-5H3,(H2,12,15). The van der Waals surface area contributed by atoms with E-state index in [4.69, 9.17) is 5.73 Å². The Morgan fingerprint density at radius 2 is 2.00 bits per heavy atom. The van der Waals surface area contributed by atoms with Crippen molar-refractivity contribution in [2.45, 2.75) is 46.1 Å². The molecule has 1 aromatic rings. The Morgan fingerprint density at radius 3 is 2.33 bits per heavy atom. The Labute approximate surface area is 90.5 Å². The lowest BCUT2D eigenvalue weighted by Gasteiger charge is -2.19. The van der Waals surface area contributed by atoms with Gasteiger partial charge in [-0.2, -0.15) is 5.10 Å². The van der Waals surface area contributed by atoms with Crippen molar-refractivity contribution in [2.24, 2.45) is 5.73 Å². The molecule has 0 aliphatic rings. The molecule has 0 saturated heterocycles. The molecule has 84 valence electrons. The molecule has 4 nitrogen and oxygen atoms in total. The molecule has 0 fully saturated rings. The average molecular weight is 209 g/mol. The van der Waals surface area contributed by atoms with Gasteiger partial charge < -0.3 is 5.73 Å². The van der Waals surface area contributed by atoms with Crippen molar-refractivity contribution in [3.05, 3.63) is 17.5 Å². The van der Waals surface area contributed by atoms with Gasteiger partial charge in [0, 0.05) is 11.6 Å². The summed E-state index contributed by atoms with van der Waals surface area (Å²) in [5, 5.41) is 4.22. The van der Waals surface area contributed by atoms with Gasteiger partial charge in [-0.1, -0.05) is 20.8 Å². The number of aromatic nitrogens is 2. The van der Waals surface area contributed by atoms with Crippen LogP contribution in [0.1, 0.15) is 56.7 Å². The van der Waals surface area contributed by atoms with E-state index < -0.39 is 5.91 Å². The highest BCUT2D eigenvalue weighted by Crippen LogP contribution is 2.26. The summed E-state index contributed by atoms with van der Waals surface area (Å²) >= 11 is 0. The van der Waals surface area contributed by atoms with Gasteiger partial charge in [-0.3, -0.25) is 9.48 Å². The number of hydrogen-bond acceptors (Lipinski definition) is 2. The SMILES string of the molecule is CC(C)n1ncc(C(C)(C)C)c1C(N)=O. The molecule has 0 bridgehead atoms. The summed E-state index contributed by atoms with van der Waals surface area (Å²) in [6.45, 7) is 10.1.